The lowest BCUT2D eigenvalue weighted by molar-refractivity contribution is 0.193. The highest BCUT2D eigenvalue weighted by atomic mass is 16.2. The minimum atomic E-state index is -0.266. The molecular weight excluding hydrogens is 426 g/mol. The number of unbranched alkanes of at least 4 members (excludes halogenated alkanes) is 4. The van der Waals surface area contributed by atoms with Crippen molar-refractivity contribution in [2.24, 2.45) is 0 Å². The first-order valence-electron chi connectivity index (χ1n) is 13.4. The largest absolute Gasteiger partial charge is 0.321 e. The molecule has 8 heteroatoms. The number of benzene rings is 1. The molecule has 2 amide bonds. The van der Waals surface area contributed by atoms with E-state index in [2.05, 4.69) is 62.8 Å². The second-order valence-electron chi connectivity index (χ2n) is 9.89. The van der Waals surface area contributed by atoms with Crippen molar-refractivity contribution in [1.82, 2.24) is 31.5 Å². The number of fused-ring (bicyclic) bond motifs is 1. The zero-order valence-corrected chi connectivity index (χ0v) is 21.5. The normalized spacial score (nSPS) is 22.9. The van der Waals surface area contributed by atoms with E-state index in [1.165, 1.54) is 43.4 Å². The molecule has 6 N–H and O–H groups in total. The van der Waals surface area contributed by atoms with Gasteiger partial charge in [-0.1, -0.05) is 32.3 Å². The van der Waals surface area contributed by atoms with Crippen LogP contribution in [0, 0.1) is 0 Å². The first-order chi connectivity index (χ1) is 16.6. The van der Waals surface area contributed by atoms with Gasteiger partial charge in [0, 0.05) is 24.8 Å². The van der Waals surface area contributed by atoms with Crippen molar-refractivity contribution in [2.45, 2.75) is 90.3 Å². The van der Waals surface area contributed by atoms with Gasteiger partial charge in [-0.15, -0.1) is 0 Å². The van der Waals surface area contributed by atoms with Crippen LogP contribution in [0.15, 0.2) is 18.2 Å². The highest BCUT2D eigenvalue weighted by molar-refractivity contribution is 5.89. The number of anilines is 1. The molecule has 0 radical (unpaired) electrons. The maximum atomic E-state index is 12.7. The molecule has 2 aliphatic heterocycles. The maximum Gasteiger partial charge on any atom is 0.321 e. The minimum absolute atomic E-state index is 0.185. The van der Waals surface area contributed by atoms with Crippen molar-refractivity contribution in [1.29, 1.82) is 0 Å². The number of nitrogens with one attached hydrogen (secondary N) is 6. The number of nitrogens with zero attached hydrogens (tertiary/aromatic N) is 1. The third-order valence-corrected chi connectivity index (χ3v) is 6.81. The number of hydrogen-bond donors (Lipinski definition) is 6. The Morgan fingerprint density at radius 3 is 2.76 bits per heavy atom. The molecule has 0 bridgehead atoms. The molecule has 1 aromatic carbocycles. The van der Waals surface area contributed by atoms with E-state index in [4.69, 9.17) is 0 Å². The highest BCUT2D eigenvalue weighted by Gasteiger charge is 2.25. The van der Waals surface area contributed by atoms with Crippen LogP contribution < -0.4 is 31.9 Å². The van der Waals surface area contributed by atoms with E-state index < -0.39 is 0 Å². The molecule has 192 valence electrons. The standard InChI is InChI=1S/C26H47N7O/c1-4-5-6-9-15-33-16-12-21-18-23(11-10-22(21)19-33)30-26(34)32-25-29-20(2)17-24(31-25)28-14-8-7-13-27-3/h10-11,18,20,24-25,27-29,31H,4-9,12-17,19H2,1-3H3,(H2,30,32,34). The summed E-state index contributed by atoms with van der Waals surface area (Å²) in [7, 11) is 1.98. The van der Waals surface area contributed by atoms with E-state index in [9.17, 15) is 4.79 Å². The highest BCUT2D eigenvalue weighted by Crippen LogP contribution is 2.23. The number of carbonyl (C=O) groups excluding carboxylic acids is 1. The molecule has 3 unspecified atom stereocenters. The summed E-state index contributed by atoms with van der Waals surface area (Å²) in [6.07, 6.45) is 9.47. The van der Waals surface area contributed by atoms with Gasteiger partial charge in [0.2, 0.25) is 0 Å². The fourth-order valence-electron chi connectivity index (χ4n) is 4.89. The zero-order valence-electron chi connectivity index (χ0n) is 21.5. The van der Waals surface area contributed by atoms with Crippen LogP contribution in [0.2, 0.25) is 0 Å². The van der Waals surface area contributed by atoms with Crippen LogP contribution >= 0.6 is 0 Å². The van der Waals surface area contributed by atoms with Crippen LogP contribution in [0.25, 0.3) is 0 Å². The van der Waals surface area contributed by atoms with Crippen molar-refractivity contribution in [2.75, 3.05) is 38.5 Å². The van der Waals surface area contributed by atoms with Gasteiger partial charge in [-0.2, -0.15) is 0 Å². The third kappa shape index (κ3) is 9.15. The number of amides is 2. The molecule has 34 heavy (non-hydrogen) atoms. The molecule has 0 aliphatic carbocycles. The van der Waals surface area contributed by atoms with Crippen LogP contribution in [-0.2, 0) is 13.0 Å². The monoisotopic (exact) mass is 473 g/mol. The van der Waals surface area contributed by atoms with Crippen molar-refractivity contribution in [3.63, 3.8) is 0 Å². The van der Waals surface area contributed by atoms with Crippen LogP contribution in [-0.4, -0.2) is 62.7 Å². The number of carbonyl (C=O) groups is 1. The van der Waals surface area contributed by atoms with E-state index in [1.807, 2.05) is 13.1 Å². The van der Waals surface area contributed by atoms with Gasteiger partial charge >= 0.3 is 6.03 Å². The summed E-state index contributed by atoms with van der Waals surface area (Å²) in [4.78, 5) is 15.2. The van der Waals surface area contributed by atoms with Crippen LogP contribution in [0.3, 0.4) is 0 Å². The molecule has 1 saturated heterocycles. The fraction of sp³-hybridized carbons (Fsp3) is 0.731. The van der Waals surface area contributed by atoms with E-state index in [0.717, 1.165) is 57.5 Å². The Balaban J connectivity index is 1.42. The second-order valence-corrected chi connectivity index (χ2v) is 9.89. The Bertz CT molecular complexity index is 744. The number of urea groups is 1. The summed E-state index contributed by atoms with van der Waals surface area (Å²) in [5.41, 5.74) is 3.60. The van der Waals surface area contributed by atoms with Crippen LogP contribution in [0.5, 0.6) is 0 Å². The molecule has 3 atom stereocenters. The van der Waals surface area contributed by atoms with Gasteiger partial charge in [-0.25, -0.2) is 4.79 Å². The van der Waals surface area contributed by atoms with E-state index in [0.29, 0.717) is 6.04 Å². The van der Waals surface area contributed by atoms with Gasteiger partial charge in [0.05, 0.1) is 6.17 Å². The minimum Gasteiger partial charge on any atom is -0.320 e. The SMILES string of the molecule is CCCCCCN1CCc2cc(NC(=O)NC3NC(C)CC(NCCCCNC)N3)ccc2C1. The predicted octanol–water partition coefficient (Wildman–Crippen LogP) is 2.92. The number of hydrogen-bond acceptors (Lipinski definition) is 6. The third-order valence-electron chi connectivity index (χ3n) is 6.81. The summed E-state index contributed by atoms with van der Waals surface area (Å²) < 4.78 is 0. The summed E-state index contributed by atoms with van der Waals surface area (Å²) >= 11 is 0. The topological polar surface area (TPSA) is 92.5 Å². The molecule has 3 rings (SSSR count). The average Bonchev–Trinajstić information content (AvgIpc) is 2.81. The van der Waals surface area contributed by atoms with Gasteiger partial charge in [-0.3, -0.25) is 15.5 Å². The lowest BCUT2D eigenvalue weighted by Gasteiger charge is -2.37. The van der Waals surface area contributed by atoms with Gasteiger partial charge in [0.25, 0.3) is 0 Å². The lowest BCUT2D eigenvalue weighted by atomic mass is 9.98. The lowest BCUT2D eigenvalue weighted by Crippen LogP contribution is -2.67. The van der Waals surface area contributed by atoms with Gasteiger partial charge in [-0.05, 0) is 89.0 Å². The Kier molecular flexibility index (Phi) is 11.6. The van der Waals surface area contributed by atoms with Crippen molar-refractivity contribution in [3.05, 3.63) is 29.3 Å². The Labute approximate surface area is 206 Å². The van der Waals surface area contributed by atoms with Crippen molar-refractivity contribution >= 4 is 11.7 Å². The van der Waals surface area contributed by atoms with Crippen molar-refractivity contribution in [3.8, 4) is 0 Å². The smallest absolute Gasteiger partial charge is 0.320 e. The van der Waals surface area contributed by atoms with Crippen LogP contribution in [0.1, 0.15) is 69.9 Å². The van der Waals surface area contributed by atoms with E-state index >= 15 is 0 Å². The molecule has 1 fully saturated rings. The van der Waals surface area contributed by atoms with E-state index in [1.54, 1.807) is 0 Å². The summed E-state index contributed by atoms with van der Waals surface area (Å²) in [6.45, 7) is 9.73. The predicted molar refractivity (Wildman–Crippen MR) is 141 cm³/mol. The molecular formula is C26H47N7O. The van der Waals surface area contributed by atoms with Gasteiger partial charge in [0.15, 0.2) is 0 Å². The number of rotatable bonds is 13. The van der Waals surface area contributed by atoms with Crippen molar-refractivity contribution < 1.29 is 4.79 Å². The molecule has 0 aromatic heterocycles. The molecule has 8 nitrogen and oxygen atoms in total. The Morgan fingerprint density at radius 1 is 1.09 bits per heavy atom. The van der Waals surface area contributed by atoms with E-state index in [-0.39, 0.29) is 18.5 Å². The summed E-state index contributed by atoms with van der Waals surface area (Å²) in [5.74, 6) is 0. The first kappa shape index (κ1) is 26.9. The summed E-state index contributed by atoms with van der Waals surface area (Å²) in [6, 6.07) is 6.47. The van der Waals surface area contributed by atoms with Crippen LogP contribution in [0.4, 0.5) is 10.5 Å². The molecule has 2 heterocycles. The Morgan fingerprint density at radius 2 is 1.94 bits per heavy atom. The summed E-state index contributed by atoms with van der Waals surface area (Å²) in [5, 5.41) is 19.7. The molecule has 2 aliphatic rings. The fourth-order valence-corrected chi connectivity index (χ4v) is 4.89. The first-order valence-corrected chi connectivity index (χ1v) is 13.4. The molecule has 0 saturated carbocycles. The zero-order chi connectivity index (χ0) is 24.2. The molecule has 1 aromatic rings. The Hall–Kier alpha value is -1.71. The quantitative estimate of drug-likeness (QED) is 0.247. The maximum absolute atomic E-state index is 12.7. The average molecular weight is 474 g/mol. The van der Waals surface area contributed by atoms with Gasteiger partial charge in [0.1, 0.15) is 6.29 Å². The molecule has 0 spiro atoms. The van der Waals surface area contributed by atoms with Gasteiger partial charge < -0.3 is 21.3 Å². The second kappa shape index (κ2) is 14.6.